The lowest BCUT2D eigenvalue weighted by atomic mass is 9.96. The van der Waals surface area contributed by atoms with E-state index in [1.54, 1.807) is 12.1 Å². The fourth-order valence-electron chi connectivity index (χ4n) is 3.44. The lowest BCUT2D eigenvalue weighted by molar-refractivity contribution is -0.295. The Balaban J connectivity index is 1.73. The third-order valence-electron chi connectivity index (χ3n) is 5.06. The summed E-state index contributed by atoms with van der Waals surface area (Å²) in [6, 6.07) is 10.3. The van der Waals surface area contributed by atoms with Crippen LogP contribution in [0.2, 0.25) is 0 Å². The first-order valence-electron chi connectivity index (χ1n) is 9.59. The molecule has 1 amide bonds. The fourth-order valence-corrected chi connectivity index (χ4v) is 3.44. The zero-order valence-corrected chi connectivity index (χ0v) is 16.7. The molecule has 0 unspecified atom stereocenters. The monoisotopic (exact) mass is 418 g/mol. The molecule has 1 aliphatic heterocycles. The van der Waals surface area contributed by atoms with Crippen LogP contribution in [0.25, 0.3) is 5.57 Å². The molecule has 0 bridgehead atoms. The number of hydrogen-bond acceptors (Lipinski definition) is 5. The van der Waals surface area contributed by atoms with Gasteiger partial charge in [0.1, 0.15) is 23.9 Å². The van der Waals surface area contributed by atoms with Crippen molar-refractivity contribution in [1.29, 1.82) is 0 Å². The number of benzene rings is 2. The average molecular weight is 418 g/mol. The second kappa shape index (κ2) is 10.4. The Morgan fingerprint density at radius 2 is 1.77 bits per heavy atom. The molecule has 6 nitrogen and oxygen atoms in total. The van der Waals surface area contributed by atoms with Crippen molar-refractivity contribution in [3.8, 4) is 0 Å². The number of anilines is 1. The summed E-state index contributed by atoms with van der Waals surface area (Å²) in [5, 5.41) is 12.3. The molecule has 3 rings (SSSR count). The highest BCUT2D eigenvalue weighted by molar-refractivity contribution is 6.04. The minimum absolute atomic E-state index is 0.0423. The number of carbonyl (C=O) groups excluding carboxylic acids is 1. The first kappa shape index (κ1) is 22.0. The Morgan fingerprint density at radius 1 is 1.10 bits per heavy atom. The lowest BCUT2D eigenvalue weighted by Gasteiger charge is -2.18. The van der Waals surface area contributed by atoms with E-state index in [2.05, 4.69) is 15.1 Å². The fraction of sp³-hybridized carbons (Fsp3) is 0.318. The van der Waals surface area contributed by atoms with E-state index in [4.69, 9.17) is 4.89 Å². The molecule has 0 fully saturated rings. The second-order valence-corrected chi connectivity index (χ2v) is 6.90. The van der Waals surface area contributed by atoms with Gasteiger partial charge in [0.2, 0.25) is 0 Å². The van der Waals surface area contributed by atoms with Gasteiger partial charge in [0.05, 0.1) is 13.7 Å². The van der Waals surface area contributed by atoms with Gasteiger partial charge < -0.3 is 10.4 Å². The van der Waals surface area contributed by atoms with Gasteiger partial charge in [-0.25, -0.2) is 18.6 Å². The number of nitrogens with zero attached hydrogens (tertiary/aromatic N) is 1. The van der Waals surface area contributed by atoms with E-state index < -0.39 is 23.1 Å². The van der Waals surface area contributed by atoms with Gasteiger partial charge in [0.15, 0.2) is 0 Å². The molecule has 0 aromatic heterocycles. The van der Waals surface area contributed by atoms with Gasteiger partial charge in [0, 0.05) is 18.8 Å². The van der Waals surface area contributed by atoms with Crippen LogP contribution in [0.4, 0.5) is 14.5 Å². The molecule has 30 heavy (non-hydrogen) atoms. The van der Waals surface area contributed by atoms with E-state index in [9.17, 15) is 18.7 Å². The van der Waals surface area contributed by atoms with Crippen LogP contribution >= 0.6 is 0 Å². The average Bonchev–Trinajstić information content (AvgIpc) is 2.95. The van der Waals surface area contributed by atoms with Gasteiger partial charge >= 0.3 is 0 Å². The van der Waals surface area contributed by atoms with E-state index in [-0.39, 0.29) is 6.61 Å². The van der Waals surface area contributed by atoms with Crippen LogP contribution < -0.4 is 5.32 Å². The molecule has 0 radical (unpaired) electrons. The number of aliphatic hydroxyl groups is 1. The minimum atomic E-state index is -0.915. The van der Waals surface area contributed by atoms with Gasteiger partial charge in [-0.2, -0.15) is 0 Å². The number of amides is 1. The van der Waals surface area contributed by atoms with Crippen LogP contribution in [0.3, 0.4) is 0 Å². The Kier molecular flexibility index (Phi) is 7.64. The molecule has 0 atom stereocenters. The number of rotatable bonds is 7. The zero-order chi connectivity index (χ0) is 21.5. The van der Waals surface area contributed by atoms with Crippen LogP contribution in [0.1, 0.15) is 28.8 Å². The summed E-state index contributed by atoms with van der Waals surface area (Å²) in [5.74, 6) is -2.68. The summed E-state index contributed by atoms with van der Waals surface area (Å²) in [4.78, 5) is 24.0. The highest BCUT2D eigenvalue weighted by Crippen LogP contribution is 2.28. The maximum Gasteiger partial charge on any atom is 0.261 e. The third-order valence-corrected chi connectivity index (χ3v) is 5.06. The zero-order valence-electron chi connectivity index (χ0n) is 16.7. The van der Waals surface area contributed by atoms with Crippen LogP contribution in [-0.4, -0.2) is 49.5 Å². The Labute approximate surface area is 173 Å². The molecule has 160 valence electrons. The van der Waals surface area contributed by atoms with Gasteiger partial charge in [0.25, 0.3) is 5.91 Å². The van der Waals surface area contributed by atoms with E-state index in [0.717, 1.165) is 48.4 Å². The third kappa shape index (κ3) is 5.28. The van der Waals surface area contributed by atoms with Crippen molar-refractivity contribution < 1.29 is 28.5 Å². The number of hydrogen-bond donors (Lipinski definition) is 2. The summed E-state index contributed by atoms with van der Waals surface area (Å²) in [5.41, 5.74) is 2.70. The summed E-state index contributed by atoms with van der Waals surface area (Å²) >= 11 is 0. The lowest BCUT2D eigenvalue weighted by Crippen LogP contribution is -2.27. The highest BCUT2D eigenvalue weighted by atomic mass is 19.1. The number of carbonyl (C=O) groups is 1. The molecular formula is C22H24F2N2O4. The molecule has 0 saturated carbocycles. The summed E-state index contributed by atoms with van der Waals surface area (Å²) < 4.78 is 27.6. The molecule has 0 spiro atoms. The summed E-state index contributed by atoms with van der Waals surface area (Å²) in [7, 11) is 1.46. The quantitative estimate of drug-likeness (QED) is 0.531. The van der Waals surface area contributed by atoms with Crippen LogP contribution in [0, 0.1) is 11.6 Å². The molecule has 2 aromatic rings. The number of nitrogens with one attached hydrogen (secondary N) is 1. The predicted molar refractivity (Wildman–Crippen MR) is 109 cm³/mol. The smallest absolute Gasteiger partial charge is 0.261 e. The van der Waals surface area contributed by atoms with E-state index in [1.807, 2.05) is 12.1 Å². The van der Waals surface area contributed by atoms with Crippen molar-refractivity contribution in [1.82, 2.24) is 4.90 Å². The van der Waals surface area contributed by atoms with Gasteiger partial charge in [-0.3, -0.25) is 9.69 Å². The van der Waals surface area contributed by atoms with E-state index >= 15 is 0 Å². The molecule has 1 heterocycles. The van der Waals surface area contributed by atoms with Crippen LogP contribution in [-0.2, 0) is 9.78 Å². The van der Waals surface area contributed by atoms with Crippen molar-refractivity contribution in [2.75, 3.05) is 38.9 Å². The molecule has 2 N–H and O–H groups in total. The molecule has 0 aliphatic carbocycles. The first-order chi connectivity index (χ1) is 14.5. The Morgan fingerprint density at radius 3 is 2.40 bits per heavy atom. The van der Waals surface area contributed by atoms with E-state index in [1.165, 1.54) is 13.2 Å². The highest BCUT2D eigenvalue weighted by Gasteiger charge is 2.19. The van der Waals surface area contributed by atoms with Crippen LogP contribution in [0.15, 0.2) is 48.0 Å². The topological polar surface area (TPSA) is 71.0 Å². The minimum Gasteiger partial charge on any atom is -0.392 e. The van der Waals surface area contributed by atoms with Crippen molar-refractivity contribution in [3.63, 3.8) is 0 Å². The number of aliphatic hydroxyl groups excluding tert-OH is 1. The van der Waals surface area contributed by atoms with Crippen molar-refractivity contribution >= 4 is 17.2 Å². The van der Waals surface area contributed by atoms with Gasteiger partial charge in [-0.1, -0.05) is 18.2 Å². The van der Waals surface area contributed by atoms with Crippen molar-refractivity contribution in [2.45, 2.75) is 12.8 Å². The standard InChI is InChI=1S/C22H24F2N2O4/c1-29-30-14-26-11-9-16(13-27)18(10-12-26)15-5-7-17(8-6-15)25-22(28)21-19(23)3-2-4-20(21)24/h2-8,27H,9-14H2,1H3,(H,25,28). The van der Waals surface area contributed by atoms with Crippen molar-refractivity contribution in [2.24, 2.45) is 0 Å². The molecule has 0 saturated heterocycles. The van der Waals surface area contributed by atoms with Gasteiger partial charge in [-0.05, 0) is 53.8 Å². The Hall–Kier alpha value is -2.65. The van der Waals surface area contributed by atoms with Gasteiger partial charge in [-0.15, -0.1) is 0 Å². The first-order valence-corrected chi connectivity index (χ1v) is 9.59. The Bertz CT molecular complexity index is 896. The van der Waals surface area contributed by atoms with E-state index in [0.29, 0.717) is 18.8 Å². The maximum atomic E-state index is 13.8. The predicted octanol–water partition coefficient (Wildman–Crippen LogP) is 3.59. The molecule has 2 aromatic carbocycles. The molecule has 8 heteroatoms. The SMILES string of the molecule is COOCN1CCC(CO)=C(c2ccc(NC(=O)c3c(F)cccc3F)cc2)CC1. The summed E-state index contributed by atoms with van der Waals surface area (Å²) in [6.45, 7) is 1.79. The largest absolute Gasteiger partial charge is 0.392 e. The normalized spacial score (nSPS) is 15.2. The summed E-state index contributed by atoms with van der Waals surface area (Å²) in [6.07, 6.45) is 1.42. The second-order valence-electron chi connectivity index (χ2n) is 6.90. The maximum absolute atomic E-state index is 13.8. The number of halogens is 2. The van der Waals surface area contributed by atoms with Crippen LogP contribution in [0.5, 0.6) is 0 Å². The molecule has 1 aliphatic rings. The molecular weight excluding hydrogens is 394 g/mol. The van der Waals surface area contributed by atoms with Crippen molar-refractivity contribution in [3.05, 3.63) is 70.8 Å².